The van der Waals surface area contributed by atoms with Crippen molar-refractivity contribution in [3.8, 4) is 0 Å². The molecule has 0 aliphatic heterocycles. The first-order valence-corrected chi connectivity index (χ1v) is 6.05. The standard InChI is InChI=1S/C15H13N3O/c1-11-9-14-10-13(7-8-18(14)17-11)16-15(19)12-5-3-2-4-6-12/h2-10H,1H3,(H,16,19). The molecule has 1 aromatic carbocycles. The molecule has 2 aromatic heterocycles. The van der Waals surface area contributed by atoms with Crippen molar-refractivity contribution in [2.24, 2.45) is 0 Å². The van der Waals surface area contributed by atoms with Crippen molar-refractivity contribution in [2.45, 2.75) is 6.92 Å². The van der Waals surface area contributed by atoms with Gasteiger partial charge < -0.3 is 5.32 Å². The summed E-state index contributed by atoms with van der Waals surface area (Å²) in [4.78, 5) is 12.0. The summed E-state index contributed by atoms with van der Waals surface area (Å²) < 4.78 is 1.79. The van der Waals surface area contributed by atoms with Crippen molar-refractivity contribution < 1.29 is 4.79 Å². The molecule has 0 radical (unpaired) electrons. The number of pyridine rings is 1. The fourth-order valence-corrected chi connectivity index (χ4v) is 1.99. The number of rotatable bonds is 2. The van der Waals surface area contributed by atoms with Crippen LogP contribution in [-0.4, -0.2) is 15.5 Å². The molecule has 0 saturated heterocycles. The quantitative estimate of drug-likeness (QED) is 0.761. The van der Waals surface area contributed by atoms with Gasteiger partial charge in [0.25, 0.3) is 5.91 Å². The van der Waals surface area contributed by atoms with Crippen LogP contribution in [0.5, 0.6) is 0 Å². The largest absolute Gasteiger partial charge is 0.322 e. The van der Waals surface area contributed by atoms with Gasteiger partial charge in [0, 0.05) is 17.4 Å². The molecule has 94 valence electrons. The Bertz CT molecular complexity index is 731. The van der Waals surface area contributed by atoms with E-state index in [2.05, 4.69) is 10.4 Å². The highest BCUT2D eigenvalue weighted by Crippen LogP contribution is 2.14. The third kappa shape index (κ3) is 2.33. The van der Waals surface area contributed by atoms with Crippen LogP contribution in [0.4, 0.5) is 5.69 Å². The second kappa shape index (κ2) is 4.57. The average Bonchev–Trinajstić information content (AvgIpc) is 2.79. The van der Waals surface area contributed by atoms with Gasteiger partial charge in [-0.2, -0.15) is 5.10 Å². The topological polar surface area (TPSA) is 46.4 Å². The van der Waals surface area contributed by atoms with Crippen LogP contribution in [-0.2, 0) is 0 Å². The van der Waals surface area contributed by atoms with Crippen LogP contribution < -0.4 is 5.32 Å². The van der Waals surface area contributed by atoms with Crippen molar-refractivity contribution in [1.29, 1.82) is 0 Å². The fraction of sp³-hybridized carbons (Fsp3) is 0.0667. The van der Waals surface area contributed by atoms with Gasteiger partial charge in [-0.15, -0.1) is 0 Å². The number of aryl methyl sites for hydroxylation is 1. The van der Waals surface area contributed by atoms with E-state index in [1.54, 1.807) is 16.6 Å². The molecule has 0 bridgehead atoms. The number of carbonyl (C=O) groups is 1. The molecule has 0 saturated carbocycles. The highest BCUT2D eigenvalue weighted by Gasteiger charge is 2.06. The van der Waals surface area contributed by atoms with Gasteiger partial charge in [0.15, 0.2) is 0 Å². The SMILES string of the molecule is Cc1cc2cc(NC(=O)c3ccccc3)ccn2n1. The van der Waals surface area contributed by atoms with Crippen molar-refractivity contribution in [2.75, 3.05) is 5.32 Å². The summed E-state index contributed by atoms with van der Waals surface area (Å²) >= 11 is 0. The van der Waals surface area contributed by atoms with E-state index in [4.69, 9.17) is 0 Å². The Kier molecular flexibility index (Phi) is 2.76. The second-order valence-electron chi connectivity index (χ2n) is 4.39. The maximum absolute atomic E-state index is 12.0. The molecular weight excluding hydrogens is 238 g/mol. The summed E-state index contributed by atoms with van der Waals surface area (Å²) in [5, 5.41) is 7.18. The zero-order chi connectivity index (χ0) is 13.2. The van der Waals surface area contributed by atoms with Gasteiger partial charge in [-0.3, -0.25) is 4.79 Å². The van der Waals surface area contributed by atoms with Crippen molar-refractivity contribution in [3.63, 3.8) is 0 Å². The molecule has 3 rings (SSSR count). The zero-order valence-electron chi connectivity index (χ0n) is 10.5. The number of nitrogens with zero attached hydrogens (tertiary/aromatic N) is 2. The number of fused-ring (bicyclic) bond motifs is 1. The minimum absolute atomic E-state index is 0.110. The lowest BCUT2D eigenvalue weighted by Crippen LogP contribution is -2.11. The van der Waals surface area contributed by atoms with Crippen LogP contribution in [0.3, 0.4) is 0 Å². The first-order chi connectivity index (χ1) is 9.22. The molecule has 0 spiro atoms. The minimum atomic E-state index is -0.110. The number of hydrogen-bond acceptors (Lipinski definition) is 2. The zero-order valence-corrected chi connectivity index (χ0v) is 10.5. The Balaban J connectivity index is 1.87. The summed E-state index contributed by atoms with van der Waals surface area (Å²) in [6, 6.07) is 14.9. The normalized spacial score (nSPS) is 10.6. The molecule has 4 heteroatoms. The average molecular weight is 251 g/mol. The Labute approximate surface area is 110 Å². The van der Waals surface area contributed by atoms with E-state index < -0.39 is 0 Å². The predicted molar refractivity (Wildman–Crippen MR) is 74.3 cm³/mol. The summed E-state index contributed by atoms with van der Waals surface area (Å²) in [5.74, 6) is -0.110. The van der Waals surface area contributed by atoms with Crippen LogP contribution in [0.25, 0.3) is 5.52 Å². The van der Waals surface area contributed by atoms with E-state index in [-0.39, 0.29) is 5.91 Å². The molecule has 0 aliphatic rings. The van der Waals surface area contributed by atoms with Gasteiger partial charge in [-0.05, 0) is 37.3 Å². The first kappa shape index (κ1) is 11.5. The molecule has 2 heterocycles. The molecule has 3 aromatic rings. The van der Waals surface area contributed by atoms with Crippen LogP contribution in [0.2, 0.25) is 0 Å². The number of benzene rings is 1. The molecule has 19 heavy (non-hydrogen) atoms. The number of anilines is 1. The Morgan fingerprint density at radius 3 is 2.74 bits per heavy atom. The number of aromatic nitrogens is 2. The van der Waals surface area contributed by atoms with Crippen molar-refractivity contribution >= 4 is 17.1 Å². The molecule has 0 aliphatic carbocycles. The van der Waals surface area contributed by atoms with Crippen LogP contribution in [0.1, 0.15) is 16.1 Å². The summed E-state index contributed by atoms with van der Waals surface area (Å²) in [7, 11) is 0. The fourth-order valence-electron chi connectivity index (χ4n) is 1.99. The smallest absolute Gasteiger partial charge is 0.255 e. The molecule has 0 atom stereocenters. The van der Waals surface area contributed by atoms with Crippen molar-refractivity contribution in [1.82, 2.24) is 9.61 Å². The number of nitrogens with one attached hydrogen (secondary N) is 1. The molecule has 0 unspecified atom stereocenters. The number of hydrogen-bond donors (Lipinski definition) is 1. The third-order valence-electron chi connectivity index (χ3n) is 2.88. The molecule has 1 amide bonds. The van der Waals surface area contributed by atoms with Gasteiger partial charge in [-0.1, -0.05) is 18.2 Å². The van der Waals surface area contributed by atoms with Gasteiger partial charge >= 0.3 is 0 Å². The molecular formula is C15H13N3O. The lowest BCUT2D eigenvalue weighted by atomic mass is 10.2. The lowest BCUT2D eigenvalue weighted by Gasteiger charge is -2.05. The van der Waals surface area contributed by atoms with Gasteiger partial charge in [0.1, 0.15) is 0 Å². The van der Waals surface area contributed by atoms with E-state index in [9.17, 15) is 4.79 Å². The molecule has 4 nitrogen and oxygen atoms in total. The summed E-state index contributed by atoms with van der Waals surface area (Å²) in [6.07, 6.45) is 1.84. The highest BCUT2D eigenvalue weighted by atomic mass is 16.1. The van der Waals surface area contributed by atoms with Gasteiger partial charge in [-0.25, -0.2) is 4.52 Å². The first-order valence-electron chi connectivity index (χ1n) is 6.05. The summed E-state index contributed by atoms with van der Waals surface area (Å²) in [6.45, 7) is 1.94. The van der Waals surface area contributed by atoms with Gasteiger partial charge in [0.05, 0.1) is 11.2 Å². The van der Waals surface area contributed by atoms with Crippen LogP contribution >= 0.6 is 0 Å². The van der Waals surface area contributed by atoms with E-state index in [0.717, 1.165) is 16.9 Å². The number of amides is 1. The van der Waals surface area contributed by atoms with Crippen molar-refractivity contribution in [3.05, 3.63) is 66.0 Å². The number of carbonyl (C=O) groups excluding carboxylic acids is 1. The monoisotopic (exact) mass is 251 g/mol. The van der Waals surface area contributed by atoms with Gasteiger partial charge in [0.2, 0.25) is 0 Å². The Morgan fingerprint density at radius 2 is 1.95 bits per heavy atom. The third-order valence-corrected chi connectivity index (χ3v) is 2.88. The summed E-state index contributed by atoms with van der Waals surface area (Å²) in [5.41, 5.74) is 3.32. The van der Waals surface area contributed by atoms with Crippen LogP contribution in [0, 0.1) is 6.92 Å². The molecule has 1 N–H and O–H groups in total. The van der Waals surface area contributed by atoms with Crippen LogP contribution in [0.15, 0.2) is 54.7 Å². The van der Waals surface area contributed by atoms with E-state index in [0.29, 0.717) is 5.56 Å². The lowest BCUT2D eigenvalue weighted by molar-refractivity contribution is 0.102. The Morgan fingerprint density at radius 1 is 1.16 bits per heavy atom. The second-order valence-corrected chi connectivity index (χ2v) is 4.39. The molecule has 0 fully saturated rings. The van der Waals surface area contributed by atoms with E-state index >= 15 is 0 Å². The van der Waals surface area contributed by atoms with E-state index in [1.807, 2.05) is 49.5 Å². The maximum atomic E-state index is 12.0. The Hall–Kier alpha value is -2.62. The van der Waals surface area contributed by atoms with E-state index in [1.165, 1.54) is 0 Å². The minimum Gasteiger partial charge on any atom is -0.322 e. The highest BCUT2D eigenvalue weighted by molar-refractivity contribution is 6.04. The predicted octanol–water partition coefficient (Wildman–Crippen LogP) is 2.90. The maximum Gasteiger partial charge on any atom is 0.255 e.